The summed E-state index contributed by atoms with van der Waals surface area (Å²) in [5, 5.41) is 14.0. The maximum Gasteiger partial charge on any atom is 0.319 e. The average Bonchev–Trinajstić information content (AvgIpc) is 3.83. The summed E-state index contributed by atoms with van der Waals surface area (Å²) in [6, 6.07) is 8.14. The number of amides is 2. The van der Waals surface area contributed by atoms with E-state index < -0.39 is 41.0 Å². The van der Waals surface area contributed by atoms with Crippen molar-refractivity contribution in [1.82, 2.24) is 24.8 Å². The summed E-state index contributed by atoms with van der Waals surface area (Å²) in [6.07, 6.45) is 10.3. The van der Waals surface area contributed by atoms with Crippen molar-refractivity contribution in [2.24, 2.45) is 0 Å². The first kappa shape index (κ1) is 37.3. The number of terminal acetylenes is 1. The van der Waals surface area contributed by atoms with Gasteiger partial charge in [-0.3, -0.25) is 19.5 Å². The van der Waals surface area contributed by atoms with Crippen LogP contribution in [0.25, 0.3) is 32.9 Å². The van der Waals surface area contributed by atoms with Crippen LogP contribution in [-0.4, -0.2) is 98.3 Å². The molecule has 0 aliphatic carbocycles. The van der Waals surface area contributed by atoms with Crippen molar-refractivity contribution in [2.75, 3.05) is 43.0 Å². The molecule has 58 heavy (non-hydrogen) atoms. The van der Waals surface area contributed by atoms with Gasteiger partial charge in [0, 0.05) is 48.9 Å². The molecule has 4 aliphatic heterocycles. The zero-order chi connectivity index (χ0) is 40.5. The van der Waals surface area contributed by atoms with E-state index in [0.717, 1.165) is 31.5 Å². The van der Waals surface area contributed by atoms with Crippen molar-refractivity contribution in [3.05, 3.63) is 89.9 Å². The third-order valence-electron chi connectivity index (χ3n) is 12.0. The fourth-order valence-electron chi connectivity index (χ4n) is 9.42. The lowest BCUT2D eigenvalue weighted by Crippen LogP contribution is -2.56. The third kappa shape index (κ3) is 6.23. The fraction of sp³-hybridized carbons (Fsp3) is 0.326. The van der Waals surface area contributed by atoms with Crippen LogP contribution in [0.3, 0.4) is 0 Å². The molecule has 296 valence electrons. The van der Waals surface area contributed by atoms with Crippen LogP contribution in [0, 0.1) is 29.8 Å². The molecule has 5 aromatic rings. The Morgan fingerprint density at radius 2 is 1.84 bits per heavy atom. The lowest BCUT2D eigenvalue weighted by atomic mass is 9.95. The molecule has 4 aliphatic rings. The predicted octanol–water partition coefficient (Wildman–Crippen LogP) is 6.52. The number of pyridine rings is 1. The van der Waals surface area contributed by atoms with Crippen molar-refractivity contribution >= 4 is 45.0 Å². The van der Waals surface area contributed by atoms with E-state index in [1.54, 1.807) is 4.90 Å². The predicted molar refractivity (Wildman–Crippen MR) is 209 cm³/mol. The van der Waals surface area contributed by atoms with E-state index >= 15 is 8.78 Å². The number of hydrogen-bond donors (Lipinski definition) is 2. The summed E-state index contributed by atoms with van der Waals surface area (Å²) in [6.45, 7) is 5.03. The van der Waals surface area contributed by atoms with Gasteiger partial charge in [-0.15, -0.1) is 6.42 Å². The molecule has 2 unspecified atom stereocenters. The number of fused-ring (bicyclic) bond motifs is 5. The summed E-state index contributed by atoms with van der Waals surface area (Å²) in [5.74, 6) is -0.956. The van der Waals surface area contributed by atoms with Crippen LogP contribution in [0.5, 0.6) is 11.8 Å². The molecule has 2 aromatic heterocycles. The Labute approximate surface area is 330 Å². The largest absolute Gasteiger partial charge is 0.508 e. The van der Waals surface area contributed by atoms with Crippen LogP contribution in [0.15, 0.2) is 61.3 Å². The Morgan fingerprint density at radius 3 is 2.60 bits per heavy atom. The minimum atomic E-state index is -1.01. The zero-order valence-corrected chi connectivity index (χ0v) is 31.2. The molecule has 0 radical (unpaired) electrons. The second-order valence-electron chi connectivity index (χ2n) is 15.4. The molecule has 11 nitrogen and oxygen atoms in total. The summed E-state index contributed by atoms with van der Waals surface area (Å²) in [7, 11) is 0. The Kier molecular flexibility index (Phi) is 9.19. The second kappa shape index (κ2) is 14.3. The van der Waals surface area contributed by atoms with Gasteiger partial charge in [0.25, 0.3) is 5.91 Å². The number of nitrogens with zero attached hydrogens (tertiary/aromatic N) is 6. The summed E-state index contributed by atoms with van der Waals surface area (Å²) < 4.78 is 68.2. The quantitative estimate of drug-likeness (QED) is 0.103. The van der Waals surface area contributed by atoms with E-state index in [4.69, 9.17) is 16.1 Å². The minimum absolute atomic E-state index is 0.0513. The van der Waals surface area contributed by atoms with E-state index in [0.29, 0.717) is 24.8 Å². The average molecular weight is 792 g/mol. The fourth-order valence-corrected chi connectivity index (χ4v) is 9.42. The number of phenolic OH excluding ortho intramolecular Hbond substituents is 1. The molecule has 4 atom stereocenters. The number of halogens is 4. The molecule has 0 spiro atoms. The number of anilines is 2. The zero-order valence-electron chi connectivity index (χ0n) is 31.2. The van der Waals surface area contributed by atoms with Crippen molar-refractivity contribution in [3.8, 4) is 35.4 Å². The van der Waals surface area contributed by atoms with Crippen LogP contribution in [0.4, 0.5) is 29.1 Å². The monoisotopic (exact) mass is 791 g/mol. The molecule has 2 bridgehead atoms. The number of rotatable bonds is 8. The second-order valence-corrected chi connectivity index (χ2v) is 15.4. The highest BCUT2D eigenvalue weighted by Crippen LogP contribution is 2.43. The van der Waals surface area contributed by atoms with E-state index in [1.165, 1.54) is 42.6 Å². The number of aromatic nitrogens is 3. The molecular weight excluding hydrogens is 755 g/mol. The van der Waals surface area contributed by atoms with Gasteiger partial charge < -0.3 is 25.0 Å². The normalized spacial score (nSPS) is 22.6. The van der Waals surface area contributed by atoms with Gasteiger partial charge in [-0.1, -0.05) is 18.6 Å². The first-order valence-corrected chi connectivity index (χ1v) is 19.1. The maximum absolute atomic E-state index is 17.1. The Hall–Kier alpha value is -6.27. The number of hydrogen-bond acceptors (Lipinski definition) is 9. The molecule has 4 fully saturated rings. The minimum Gasteiger partial charge on any atom is -0.508 e. The Balaban J connectivity index is 1.11. The number of carbonyl (C=O) groups excluding carboxylic acids is 2. The van der Waals surface area contributed by atoms with Crippen LogP contribution in [0.1, 0.15) is 48.0 Å². The third-order valence-corrected chi connectivity index (χ3v) is 12.0. The maximum atomic E-state index is 17.1. The first-order chi connectivity index (χ1) is 28.0. The molecule has 2 N–H and O–H groups in total. The standard InChI is InChI=1S/C43H37F4N7O4/c1-3-29-33(45)10-6-23-14-28(55)16-31(36(23)29)38-37(47)39-32(18-48-38)40(51-42(50-39)58-22-43-12-5-13-53(43)19-24(44)17-43)52-20-26-8-9-27(21-52)54(26)41(57)30-15-25(7-11-34(30)46)49-35(56)4-2/h1,4,6-7,10-11,14-16,18,24,26-27,55H,2,5,8-9,12-13,17,19-22H2,(H,49,56)/t24-,26?,27?,43+/m1/s1. The van der Waals surface area contributed by atoms with Gasteiger partial charge in [0.2, 0.25) is 5.91 Å². The number of carbonyl (C=O) groups is 2. The van der Waals surface area contributed by atoms with Gasteiger partial charge in [0.05, 0.1) is 34.1 Å². The highest BCUT2D eigenvalue weighted by Gasteiger charge is 2.50. The molecule has 15 heteroatoms. The van der Waals surface area contributed by atoms with Crippen LogP contribution < -0.4 is 15.0 Å². The van der Waals surface area contributed by atoms with Crippen molar-refractivity contribution in [1.29, 1.82) is 0 Å². The van der Waals surface area contributed by atoms with Crippen LogP contribution >= 0.6 is 0 Å². The van der Waals surface area contributed by atoms with Gasteiger partial charge in [0.1, 0.15) is 47.2 Å². The van der Waals surface area contributed by atoms with Gasteiger partial charge in [-0.05, 0) is 80.1 Å². The number of benzene rings is 3. The van der Waals surface area contributed by atoms with Gasteiger partial charge >= 0.3 is 6.01 Å². The molecule has 2 amide bonds. The number of aromatic hydroxyl groups is 1. The Morgan fingerprint density at radius 1 is 1.07 bits per heavy atom. The lowest BCUT2D eigenvalue weighted by Gasteiger charge is -2.42. The lowest BCUT2D eigenvalue weighted by molar-refractivity contribution is -0.111. The van der Waals surface area contributed by atoms with Gasteiger partial charge in [-0.2, -0.15) is 9.97 Å². The highest BCUT2D eigenvalue weighted by atomic mass is 19.1. The smallest absolute Gasteiger partial charge is 0.319 e. The molecule has 9 rings (SSSR count). The molecule has 4 saturated heterocycles. The SMILES string of the molecule is C#Cc1c(F)ccc2cc(O)cc(-c3ncc4c(N5CC6CCC(C5)N6C(=O)c5cc(NC(=O)C=C)ccc5F)nc(OC[C@@]56CCCN5C[C@H](F)C6)nc4c3F)c12. The van der Waals surface area contributed by atoms with Crippen LogP contribution in [0.2, 0.25) is 0 Å². The van der Waals surface area contributed by atoms with Crippen LogP contribution in [-0.2, 0) is 4.79 Å². The summed E-state index contributed by atoms with van der Waals surface area (Å²) >= 11 is 0. The number of phenols is 1. The van der Waals surface area contributed by atoms with Gasteiger partial charge in [-0.25, -0.2) is 17.6 Å². The van der Waals surface area contributed by atoms with Crippen molar-refractivity contribution in [3.63, 3.8) is 0 Å². The van der Waals surface area contributed by atoms with E-state index in [9.17, 15) is 23.5 Å². The van der Waals surface area contributed by atoms with E-state index in [1.807, 2.05) is 4.90 Å². The first-order valence-electron chi connectivity index (χ1n) is 19.1. The summed E-state index contributed by atoms with van der Waals surface area (Å²) in [5.41, 5.74) is -0.982. The molecule has 3 aromatic carbocycles. The number of alkyl halides is 1. The number of nitrogens with one attached hydrogen (secondary N) is 1. The van der Waals surface area contributed by atoms with Gasteiger partial charge in [0.15, 0.2) is 5.82 Å². The molecule has 6 heterocycles. The van der Waals surface area contributed by atoms with Crippen molar-refractivity contribution in [2.45, 2.75) is 55.9 Å². The van der Waals surface area contributed by atoms with E-state index in [2.05, 4.69) is 32.7 Å². The number of ether oxygens (including phenoxy) is 1. The number of piperazine rings is 1. The van der Waals surface area contributed by atoms with E-state index in [-0.39, 0.29) is 100 Å². The van der Waals surface area contributed by atoms with Crippen molar-refractivity contribution < 1.29 is 37.0 Å². The molecular formula is C43H37F4N7O4. The summed E-state index contributed by atoms with van der Waals surface area (Å²) in [4.78, 5) is 45.3. The Bertz CT molecular complexity index is 2590. The topological polar surface area (TPSA) is 124 Å². The molecule has 0 saturated carbocycles. The highest BCUT2D eigenvalue weighted by molar-refractivity contribution is 6.03.